The van der Waals surface area contributed by atoms with Gasteiger partial charge in [-0.2, -0.15) is 0 Å². The molecule has 21 heavy (non-hydrogen) atoms. The van der Waals surface area contributed by atoms with E-state index in [9.17, 15) is 0 Å². The van der Waals surface area contributed by atoms with E-state index in [1.54, 1.807) is 0 Å². The van der Waals surface area contributed by atoms with Gasteiger partial charge in [0, 0.05) is 33.3 Å². The number of likely N-dealkylation sites (tertiary alicyclic amines) is 1. The van der Waals surface area contributed by atoms with Crippen LogP contribution in [0.2, 0.25) is 0 Å². The Kier molecular flexibility index (Phi) is 5.04. The van der Waals surface area contributed by atoms with Crippen molar-refractivity contribution in [2.75, 3.05) is 39.9 Å². The fourth-order valence-corrected chi connectivity index (χ4v) is 3.93. The molecule has 2 saturated carbocycles. The molecule has 0 unspecified atom stereocenters. The number of nitrogens with one attached hydrogen (secondary N) is 1. The first-order valence-corrected chi connectivity index (χ1v) is 8.85. The zero-order chi connectivity index (χ0) is 14.5. The summed E-state index contributed by atoms with van der Waals surface area (Å²) >= 11 is 0. The predicted molar refractivity (Wildman–Crippen MR) is 86.6 cm³/mol. The quantitative estimate of drug-likeness (QED) is 0.481. The molecule has 0 bridgehead atoms. The molecule has 0 radical (unpaired) electrons. The molecule has 0 atom stereocenters. The van der Waals surface area contributed by atoms with Crippen LogP contribution in [0.15, 0.2) is 4.99 Å². The van der Waals surface area contributed by atoms with Crippen molar-refractivity contribution in [3.63, 3.8) is 0 Å². The third kappa shape index (κ3) is 4.12. The minimum absolute atomic E-state index is 0.596. The molecular formula is C17H31N3O. The van der Waals surface area contributed by atoms with E-state index in [1.165, 1.54) is 64.5 Å². The van der Waals surface area contributed by atoms with Crippen LogP contribution in [-0.4, -0.2) is 50.8 Å². The summed E-state index contributed by atoms with van der Waals surface area (Å²) in [5.74, 6) is 1.93. The molecule has 1 spiro atoms. The van der Waals surface area contributed by atoms with E-state index in [1.807, 2.05) is 7.05 Å². The molecule has 1 aliphatic heterocycles. The van der Waals surface area contributed by atoms with Gasteiger partial charge in [0.15, 0.2) is 5.96 Å². The van der Waals surface area contributed by atoms with Crippen molar-refractivity contribution in [2.45, 2.75) is 51.4 Å². The number of hydrogen-bond donors (Lipinski definition) is 1. The molecular weight excluding hydrogens is 262 g/mol. The molecule has 3 fully saturated rings. The second kappa shape index (κ2) is 6.99. The van der Waals surface area contributed by atoms with Gasteiger partial charge in [-0.3, -0.25) is 4.99 Å². The monoisotopic (exact) mass is 293 g/mol. The summed E-state index contributed by atoms with van der Waals surface area (Å²) in [6.45, 7) is 5.00. The van der Waals surface area contributed by atoms with Gasteiger partial charge >= 0.3 is 0 Å². The highest BCUT2D eigenvalue weighted by Gasteiger charge is 2.39. The van der Waals surface area contributed by atoms with Crippen molar-refractivity contribution in [1.29, 1.82) is 0 Å². The van der Waals surface area contributed by atoms with Crippen molar-refractivity contribution in [3.8, 4) is 0 Å². The maximum Gasteiger partial charge on any atom is 0.193 e. The lowest BCUT2D eigenvalue weighted by molar-refractivity contribution is 0.128. The Morgan fingerprint density at radius 2 is 2.05 bits per heavy atom. The second-order valence-electron chi connectivity index (χ2n) is 7.22. The van der Waals surface area contributed by atoms with Gasteiger partial charge in [0.25, 0.3) is 0 Å². The maximum absolute atomic E-state index is 5.69. The smallest absolute Gasteiger partial charge is 0.193 e. The molecule has 3 rings (SSSR count). The van der Waals surface area contributed by atoms with Crippen LogP contribution in [0.4, 0.5) is 0 Å². The summed E-state index contributed by atoms with van der Waals surface area (Å²) < 4.78 is 5.69. The van der Waals surface area contributed by atoms with Gasteiger partial charge in [-0.15, -0.1) is 0 Å². The normalized spacial score (nSPS) is 25.6. The van der Waals surface area contributed by atoms with Crippen LogP contribution in [0, 0.1) is 11.3 Å². The first-order chi connectivity index (χ1) is 10.3. The fourth-order valence-electron chi connectivity index (χ4n) is 3.93. The molecule has 0 amide bonds. The number of nitrogens with zero attached hydrogens (tertiary/aromatic N) is 2. The molecule has 2 aliphatic carbocycles. The van der Waals surface area contributed by atoms with Gasteiger partial charge < -0.3 is 15.0 Å². The third-order valence-corrected chi connectivity index (χ3v) is 5.44. The van der Waals surface area contributed by atoms with E-state index in [2.05, 4.69) is 15.2 Å². The highest BCUT2D eigenvalue weighted by molar-refractivity contribution is 5.80. The van der Waals surface area contributed by atoms with Gasteiger partial charge in [0.1, 0.15) is 0 Å². The zero-order valence-corrected chi connectivity index (χ0v) is 13.6. The van der Waals surface area contributed by atoms with E-state index in [0.29, 0.717) is 5.41 Å². The summed E-state index contributed by atoms with van der Waals surface area (Å²) in [5, 5.41) is 3.48. The molecule has 0 aromatic rings. The summed E-state index contributed by atoms with van der Waals surface area (Å²) in [4.78, 5) is 6.93. The fraction of sp³-hybridized carbons (Fsp3) is 0.941. The van der Waals surface area contributed by atoms with Crippen LogP contribution in [0.1, 0.15) is 51.4 Å². The van der Waals surface area contributed by atoms with Crippen LogP contribution in [0.3, 0.4) is 0 Å². The van der Waals surface area contributed by atoms with Gasteiger partial charge in [-0.1, -0.05) is 19.3 Å². The molecule has 1 heterocycles. The van der Waals surface area contributed by atoms with Crippen molar-refractivity contribution in [3.05, 3.63) is 0 Å². The Bertz CT molecular complexity index is 359. The van der Waals surface area contributed by atoms with Crippen LogP contribution < -0.4 is 5.32 Å². The standard InChI is InChI=1S/C17H31N3O/c1-18-16(19-10-12-21-13-15-5-6-15)20-11-9-17(14-20)7-3-2-4-8-17/h15H,2-14H2,1H3,(H,18,19). The molecule has 4 nitrogen and oxygen atoms in total. The van der Waals surface area contributed by atoms with E-state index >= 15 is 0 Å². The third-order valence-electron chi connectivity index (χ3n) is 5.44. The average molecular weight is 293 g/mol. The van der Waals surface area contributed by atoms with Crippen LogP contribution in [-0.2, 0) is 4.74 Å². The number of rotatable bonds is 5. The van der Waals surface area contributed by atoms with Gasteiger partial charge in [-0.05, 0) is 43.4 Å². The Balaban J connectivity index is 1.39. The summed E-state index contributed by atoms with van der Waals surface area (Å²) in [6.07, 6.45) is 11.2. The second-order valence-corrected chi connectivity index (χ2v) is 7.22. The zero-order valence-electron chi connectivity index (χ0n) is 13.6. The van der Waals surface area contributed by atoms with Gasteiger partial charge in [0.2, 0.25) is 0 Å². The molecule has 0 aromatic heterocycles. The minimum Gasteiger partial charge on any atom is -0.379 e. The SMILES string of the molecule is CN=C(NCCOCC1CC1)N1CCC2(CCCCC2)C1. The highest BCUT2D eigenvalue weighted by Crippen LogP contribution is 2.43. The van der Waals surface area contributed by atoms with Crippen molar-refractivity contribution < 1.29 is 4.74 Å². The van der Waals surface area contributed by atoms with Crippen LogP contribution in [0.5, 0.6) is 0 Å². The molecule has 4 heteroatoms. The van der Waals surface area contributed by atoms with E-state index in [4.69, 9.17) is 4.74 Å². The molecule has 1 N–H and O–H groups in total. The van der Waals surface area contributed by atoms with Crippen molar-refractivity contribution in [2.24, 2.45) is 16.3 Å². The number of guanidine groups is 1. The Labute approximate surface area is 129 Å². The Morgan fingerprint density at radius 3 is 2.76 bits per heavy atom. The molecule has 3 aliphatic rings. The van der Waals surface area contributed by atoms with E-state index in [-0.39, 0.29) is 0 Å². The van der Waals surface area contributed by atoms with Crippen LogP contribution >= 0.6 is 0 Å². The topological polar surface area (TPSA) is 36.9 Å². The summed E-state index contributed by atoms with van der Waals surface area (Å²) in [5.41, 5.74) is 0.596. The number of hydrogen-bond acceptors (Lipinski definition) is 2. The molecule has 1 saturated heterocycles. The lowest BCUT2D eigenvalue weighted by Gasteiger charge is -2.33. The molecule has 120 valence electrons. The largest absolute Gasteiger partial charge is 0.379 e. The minimum atomic E-state index is 0.596. The number of ether oxygens (including phenoxy) is 1. The van der Waals surface area contributed by atoms with Crippen molar-refractivity contribution in [1.82, 2.24) is 10.2 Å². The summed E-state index contributed by atoms with van der Waals surface area (Å²) in [6, 6.07) is 0. The Morgan fingerprint density at radius 1 is 1.24 bits per heavy atom. The maximum atomic E-state index is 5.69. The first-order valence-electron chi connectivity index (χ1n) is 8.85. The lowest BCUT2D eigenvalue weighted by Crippen LogP contribution is -2.42. The highest BCUT2D eigenvalue weighted by atomic mass is 16.5. The lowest BCUT2D eigenvalue weighted by atomic mass is 9.73. The first kappa shape index (κ1) is 15.1. The van der Waals surface area contributed by atoms with Gasteiger partial charge in [-0.25, -0.2) is 0 Å². The predicted octanol–water partition coefficient (Wildman–Crippen LogP) is 2.64. The van der Waals surface area contributed by atoms with E-state index < -0.39 is 0 Å². The summed E-state index contributed by atoms with van der Waals surface area (Å²) in [7, 11) is 1.90. The van der Waals surface area contributed by atoms with Crippen molar-refractivity contribution >= 4 is 5.96 Å². The van der Waals surface area contributed by atoms with Gasteiger partial charge in [0.05, 0.1) is 6.61 Å². The number of aliphatic imine (C=N–C) groups is 1. The molecule has 0 aromatic carbocycles. The van der Waals surface area contributed by atoms with Crippen LogP contribution in [0.25, 0.3) is 0 Å². The Hall–Kier alpha value is -0.770. The van der Waals surface area contributed by atoms with E-state index in [0.717, 1.165) is 31.6 Å². The average Bonchev–Trinajstić information content (AvgIpc) is 3.26.